The topological polar surface area (TPSA) is 55.6 Å². The third kappa shape index (κ3) is 3.76. The number of ether oxygens (including phenoxy) is 1. The normalized spacial score (nSPS) is 17.4. The van der Waals surface area contributed by atoms with Crippen molar-refractivity contribution < 1.29 is 13.9 Å². The Morgan fingerprint density at radius 2 is 2.12 bits per heavy atom. The van der Waals surface area contributed by atoms with Gasteiger partial charge in [0, 0.05) is 24.6 Å². The van der Waals surface area contributed by atoms with Crippen molar-refractivity contribution in [2.24, 2.45) is 0 Å². The van der Waals surface area contributed by atoms with Gasteiger partial charge in [-0.25, -0.2) is 4.98 Å². The van der Waals surface area contributed by atoms with Gasteiger partial charge in [-0.1, -0.05) is 44.2 Å². The molecule has 0 unspecified atom stereocenters. The highest BCUT2D eigenvalue weighted by molar-refractivity contribution is 5.78. The third-order valence-corrected chi connectivity index (χ3v) is 4.53. The molecule has 0 spiro atoms. The highest BCUT2D eigenvalue weighted by Gasteiger charge is 2.34. The van der Waals surface area contributed by atoms with Crippen LogP contribution in [-0.4, -0.2) is 35.5 Å². The molecule has 0 saturated carbocycles. The molecular weight excluding hydrogens is 316 g/mol. The molecule has 1 saturated heterocycles. The summed E-state index contributed by atoms with van der Waals surface area (Å²) in [4.78, 5) is 19.1. The van der Waals surface area contributed by atoms with Crippen LogP contribution in [0.2, 0.25) is 0 Å². The van der Waals surface area contributed by atoms with E-state index in [-0.39, 0.29) is 24.5 Å². The van der Waals surface area contributed by atoms with E-state index in [2.05, 4.69) is 13.8 Å². The molecule has 3 rings (SSSR count). The largest absolute Gasteiger partial charge is 0.442 e. The van der Waals surface area contributed by atoms with Gasteiger partial charge < -0.3 is 14.1 Å². The van der Waals surface area contributed by atoms with Gasteiger partial charge in [-0.05, 0) is 19.8 Å². The fraction of sp³-hybridized carbons (Fsp3) is 0.500. The SMILES string of the molecule is CCOCC(=O)N1CCC[C@H]1c1nc(-c2ccccc2)c(C(C)C)o1. The third-order valence-electron chi connectivity index (χ3n) is 4.53. The molecule has 0 N–H and O–H groups in total. The smallest absolute Gasteiger partial charge is 0.249 e. The quantitative estimate of drug-likeness (QED) is 0.791. The molecule has 1 atom stereocenters. The molecule has 1 aliphatic heterocycles. The summed E-state index contributed by atoms with van der Waals surface area (Å²) < 4.78 is 11.4. The average Bonchev–Trinajstić information content (AvgIpc) is 3.27. The summed E-state index contributed by atoms with van der Waals surface area (Å²) in [7, 11) is 0. The number of hydrogen-bond acceptors (Lipinski definition) is 4. The van der Waals surface area contributed by atoms with Crippen molar-refractivity contribution in [3.8, 4) is 11.3 Å². The number of aromatic nitrogens is 1. The minimum atomic E-state index is -0.0945. The van der Waals surface area contributed by atoms with Crippen LogP contribution in [0.15, 0.2) is 34.7 Å². The Labute approximate surface area is 149 Å². The van der Waals surface area contributed by atoms with Crippen molar-refractivity contribution in [1.82, 2.24) is 9.88 Å². The molecule has 134 valence electrons. The van der Waals surface area contributed by atoms with Gasteiger partial charge in [0.2, 0.25) is 11.8 Å². The van der Waals surface area contributed by atoms with Crippen LogP contribution < -0.4 is 0 Å². The van der Waals surface area contributed by atoms with Gasteiger partial charge in [-0.3, -0.25) is 4.79 Å². The first kappa shape index (κ1) is 17.7. The van der Waals surface area contributed by atoms with E-state index >= 15 is 0 Å². The molecule has 0 bridgehead atoms. The number of nitrogens with zero attached hydrogens (tertiary/aromatic N) is 2. The number of benzene rings is 1. The molecule has 25 heavy (non-hydrogen) atoms. The van der Waals surface area contributed by atoms with Crippen molar-refractivity contribution in [3.63, 3.8) is 0 Å². The average molecular weight is 342 g/mol. The van der Waals surface area contributed by atoms with Crippen LogP contribution in [-0.2, 0) is 9.53 Å². The van der Waals surface area contributed by atoms with Gasteiger partial charge in [0.1, 0.15) is 24.1 Å². The highest BCUT2D eigenvalue weighted by atomic mass is 16.5. The molecule has 0 radical (unpaired) electrons. The number of hydrogen-bond donors (Lipinski definition) is 0. The van der Waals surface area contributed by atoms with Crippen LogP contribution >= 0.6 is 0 Å². The van der Waals surface area contributed by atoms with Crippen LogP contribution in [0, 0.1) is 0 Å². The van der Waals surface area contributed by atoms with Crippen LogP contribution in [0.4, 0.5) is 0 Å². The Balaban J connectivity index is 1.90. The molecule has 1 fully saturated rings. The van der Waals surface area contributed by atoms with E-state index in [4.69, 9.17) is 14.1 Å². The maximum absolute atomic E-state index is 12.4. The maximum Gasteiger partial charge on any atom is 0.249 e. The van der Waals surface area contributed by atoms with Crippen LogP contribution in [0.3, 0.4) is 0 Å². The fourth-order valence-corrected chi connectivity index (χ4v) is 3.28. The predicted octanol–water partition coefficient (Wildman–Crippen LogP) is 4.17. The zero-order valence-corrected chi connectivity index (χ0v) is 15.2. The van der Waals surface area contributed by atoms with Crippen molar-refractivity contribution >= 4 is 5.91 Å². The molecule has 1 aromatic heterocycles. The second kappa shape index (κ2) is 7.83. The Morgan fingerprint density at radius 3 is 2.80 bits per heavy atom. The molecule has 5 nitrogen and oxygen atoms in total. The first-order valence-corrected chi connectivity index (χ1v) is 9.05. The Bertz CT molecular complexity index is 709. The fourth-order valence-electron chi connectivity index (χ4n) is 3.28. The lowest BCUT2D eigenvalue weighted by atomic mass is 10.0. The van der Waals surface area contributed by atoms with E-state index in [1.54, 1.807) is 0 Å². The summed E-state index contributed by atoms with van der Waals surface area (Å²) >= 11 is 0. The molecule has 1 amide bonds. The van der Waals surface area contributed by atoms with Gasteiger partial charge in [-0.15, -0.1) is 0 Å². The summed E-state index contributed by atoms with van der Waals surface area (Å²) in [5.74, 6) is 1.76. The summed E-state index contributed by atoms with van der Waals surface area (Å²) in [6.07, 6.45) is 1.84. The molecular formula is C20H26N2O3. The zero-order valence-electron chi connectivity index (χ0n) is 15.2. The molecule has 1 aromatic carbocycles. The van der Waals surface area contributed by atoms with Gasteiger partial charge in [0.05, 0.1) is 0 Å². The Hall–Kier alpha value is -2.14. The number of likely N-dealkylation sites (tertiary alicyclic amines) is 1. The molecule has 5 heteroatoms. The molecule has 1 aliphatic rings. The molecule has 2 heterocycles. The first-order chi connectivity index (χ1) is 12.1. The monoisotopic (exact) mass is 342 g/mol. The number of amides is 1. The van der Waals surface area contributed by atoms with Crippen molar-refractivity contribution in [3.05, 3.63) is 42.0 Å². The lowest BCUT2D eigenvalue weighted by Crippen LogP contribution is -2.33. The van der Waals surface area contributed by atoms with Crippen molar-refractivity contribution in [1.29, 1.82) is 0 Å². The number of carbonyl (C=O) groups excluding carboxylic acids is 1. The summed E-state index contributed by atoms with van der Waals surface area (Å²) in [5.41, 5.74) is 1.93. The Morgan fingerprint density at radius 1 is 1.36 bits per heavy atom. The van der Waals surface area contributed by atoms with E-state index in [1.165, 1.54) is 0 Å². The van der Waals surface area contributed by atoms with Gasteiger partial charge >= 0.3 is 0 Å². The number of oxazole rings is 1. The predicted molar refractivity (Wildman–Crippen MR) is 96.2 cm³/mol. The highest BCUT2D eigenvalue weighted by Crippen LogP contribution is 2.37. The standard InChI is InChI=1S/C20H26N2O3/c1-4-24-13-17(23)22-12-8-11-16(22)20-21-18(19(25-20)14(2)3)15-9-6-5-7-10-15/h5-7,9-10,14,16H,4,8,11-13H2,1-3H3/t16-/m0/s1. The number of rotatable bonds is 6. The van der Waals surface area contributed by atoms with E-state index in [0.29, 0.717) is 12.5 Å². The van der Waals surface area contributed by atoms with Crippen molar-refractivity contribution in [2.75, 3.05) is 19.8 Å². The van der Waals surface area contributed by atoms with Crippen LogP contribution in [0.25, 0.3) is 11.3 Å². The summed E-state index contributed by atoms with van der Waals surface area (Å²) in [6.45, 7) is 7.49. The minimum Gasteiger partial charge on any atom is -0.442 e. The molecule has 0 aliphatic carbocycles. The lowest BCUT2D eigenvalue weighted by Gasteiger charge is -2.22. The van der Waals surface area contributed by atoms with E-state index in [1.807, 2.05) is 42.2 Å². The van der Waals surface area contributed by atoms with E-state index in [0.717, 1.165) is 36.4 Å². The minimum absolute atomic E-state index is 0.00917. The van der Waals surface area contributed by atoms with Crippen molar-refractivity contribution in [2.45, 2.75) is 45.6 Å². The van der Waals surface area contributed by atoms with Gasteiger partial charge in [0.15, 0.2) is 0 Å². The Kier molecular flexibility index (Phi) is 5.53. The molecule has 2 aromatic rings. The summed E-state index contributed by atoms with van der Waals surface area (Å²) in [5, 5.41) is 0. The van der Waals surface area contributed by atoms with Gasteiger partial charge in [0.25, 0.3) is 0 Å². The first-order valence-electron chi connectivity index (χ1n) is 9.05. The second-order valence-electron chi connectivity index (χ2n) is 6.67. The van der Waals surface area contributed by atoms with Crippen LogP contribution in [0.1, 0.15) is 57.2 Å². The summed E-state index contributed by atoms with van der Waals surface area (Å²) in [6, 6.07) is 9.98. The van der Waals surface area contributed by atoms with E-state index in [9.17, 15) is 4.79 Å². The van der Waals surface area contributed by atoms with E-state index < -0.39 is 0 Å². The van der Waals surface area contributed by atoms with Gasteiger partial charge in [-0.2, -0.15) is 0 Å². The number of carbonyl (C=O) groups is 1. The lowest BCUT2D eigenvalue weighted by molar-refractivity contribution is -0.137. The second-order valence-corrected chi connectivity index (χ2v) is 6.67. The maximum atomic E-state index is 12.4. The van der Waals surface area contributed by atoms with Crippen LogP contribution in [0.5, 0.6) is 0 Å². The zero-order chi connectivity index (χ0) is 17.8.